The summed E-state index contributed by atoms with van der Waals surface area (Å²) < 4.78 is 20.9. The summed E-state index contributed by atoms with van der Waals surface area (Å²) in [5, 5.41) is 3.26. The lowest BCUT2D eigenvalue weighted by Crippen LogP contribution is -2.33. The van der Waals surface area contributed by atoms with Crippen LogP contribution in [-0.2, 0) is 7.05 Å². The molecule has 2 aromatic heterocycles. The molecule has 2 fully saturated rings. The van der Waals surface area contributed by atoms with E-state index in [1.54, 1.807) is 26.3 Å². The van der Waals surface area contributed by atoms with Gasteiger partial charge in [-0.2, -0.15) is 0 Å². The number of hydrogen-bond donors (Lipinski definition) is 1. The minimum absolute atomic E-state index is 0.0116. The fourth-order valence-electron chi connectivity index (χ4n) is 4.74. The summed E-state index contributed by atoms with van der Waals surface area (Å²) in [6.07, 6.45) is 2.57. The second-order valence-electron chi connectivity index (χ2n) is 8.50. The van der Waals surface area contributed by atoms with Gasteiger partial charge in [0.1, 0.15) is 5.75 Å². The fraction of sp³-hybridized carbons (Fsp3) is 0.333. The van der Waals surface area contributed by atoms with Gasteiger partial charge in [-0.3, -0.25) is 19.1 Å². The first-order valence-corrected chi connectivity index (χ1v) is 10.8. The monoisotopic (exact) mass is 449 g/mol. The van der Waals surface area contributed by atoms with Gasteiger partial charge in [-0.25, -0.2) is 9.37 Å². The zero-order chi connectivity index (χ0) is 23.1. The van der Waals surface area contributed by atoms with E-state index in [0.29, 0.717) is 54.6 Å². The van der Waals surface area contributed by atoms with Gasteiger partial charge in [0.25, 0.3) is 11.5 Å². The molecule has 0 bridgehead atoms. The standard InChI is InChI=1S/C24H24FN5O3/c1-29-22(31)9-20(14-7-8-26-11-19(14)25)28-24(29)27-10-16-17-12-30(13-18(16)17)23(32)15-5-3-4-6-21(15)33-2/h3-9,11,16-18H,10,12-13H2,1-2H3,(H,27,28). The summed E-state index contributed by atoms with van der Waals surface area (Å²) in [6.45, 7) is 2.03. The van der Waals surface area contributed by atoms with Gasteiger partial charge in [-0.05, 0) is 36.0 Å². The first-order valence-electron chi connectivity index (χ1n) is 10.8. The van der Waals surface area contributed by atoms with E-state index in [1.807, 2.05) is 17.0 Å². The van der Waals surface area contributed by atoms with Crippen molar-refractivity contribution in [1.29, 1.82) is 0 Å². The molecule has 2 aliphatic rings. The summed E-state index contributed by atoms with van der Waals surface area (Å²) in [4.78, 5) is 35.4. The predicted molar refractivity (Wildman–Crippen MR) is 121 cm³/mol. The molecule has 1 N–H and O–H groups in total. The molecule has 33 heavy (non-hydrogen) atoms. The van der Waals surface area contributed by atoms with Gasteiger partial charge in [0.15, 0.2) is 5.82 Å². The molecule has 0 radical (unpaired) electrons. The number of methoxy groups -OCH3 is 1. The maximum Gasteiger partial charge on any atom is 0.257 e. The molecule has 1 saturated carbocycles. The minimum atomic E-state index is -0.527. The number of amides is 1. The van der Waals surface area contributed by atoms with Crippen LogP contribution in [0.2, 0.25) is 0 Å². The van der Waals surface area contributed by atoms with Crippen LogP contribution in [0.3, 0.4) is 0 Å². The molecule has 1 aromatic carbocycles. The average Bonchev–Trinajstić information content (AvgIpc) is 3.27. The van der Waals surface area contributed by atoms with Crippen molar-refractivity contribution in [2.75, 3.05) is 32.1 Å². The van der Waals surface area contributed by atoms with E-state index in [0.717, 1.165) is 6.20 Å². The molecule has 0 spiro atoms. The highest BCUT2D eigenvalue weighted by Gasteiger charge is 2.56. The quantitative estimate of drug-likeness (QED) is 0.622. The van der Waals surface area contributed by atoms with Crippen LogP contribution in [0.4, 0.5) is 10.3 Å². The maximum atomic E-state index is 14.1. The SMILES string of the molecule is COc1ccccc1C(=O)N1CC2C(CNc3nc(-c4ccncc4F)cc(=O)n3C)C2C1. The van der Waals surface area contributed by atoms with Crippen molar-refractivity contribution in [2.45, 2.75) is 0 Å². The number of fused-ring (bicyclic) bond motifs is 1. The molecule has 3 heterocycles. The number of carbonyl (C=O) groups is 1. The molecule has 170 valence electrons. The Hall–Kier alpha value is -3.75. The van der Waals surface area contributed by atoms with Crippen molar-refractivity contribution < 1.29 is 13.9 Å². The van der Waals surface area contributed by atoms with Crippen LogP contribution in [0.25, 0.3) is 11.3 Å². The largest absolute Gasteiger partial charge is 0.496 e. The highest BCUT2D eigenvalue weighted by atomic mass is 19.1. The number of likely N-dealkylation sites (tertiary alicyclic amines) is 1. The molecule has 2 atom stereocenters. The number of pyridine rings is 1. The molecule has 2 unspecified atom stereocenters. The Morgan fingerprint density at radius 2 is 2.00 bits per heavy atom. The van der Waals surface area contributed by atoms with Crippen molar-refractivity contribution in [1.82, 2.24) is 19.4 Å². The third kappa shape index (κ3) is 3.83. The number of ether oxygens (including phenoxy) is 1. The maximum absolute atomic E-state index is 14.1. The number of halogens is 1. The van der Waals surface area contributed by atoms with Crippen LogP contribution in [-0.4, -0.2) is 52.1 Å². The molecule has 1 aliphatic carbocycles. The van der Waals surface area contributed by atoms with Crippen LogP contribution in [0.15, 0.2) is 53.6 Å². The molecular formula is C24H24FN5O3. The average molecular weight is 449 g/mol. The zero-order valence-electron chi connectivity index (χ0n) is 18.4. The number of rotatable bonds is 6. The van der Waals surface area contributed by atoms with Crippen LogP contribution in [0.1, 0.15) is 10.4 Å². The van der Waals surface area contributed by atoms with Gasteiger partial charge >= 0.3 is 0 Å². The van der Waals surface area contributed by atoms with E-state index < -0.39 is 5.82 Å². The van der Waals surface area contributed by atoms with Gasteiger partial charge in [-0.1, -0.05) is 12.1 Å². The zero-order valence-corrected chi connectivity index (χ0v) is 18.4. The summed E-state index contributed by atoms with van der Waals surface area (Å²) in [5.74, 6) is 1.65. The van der Waals surface area contributed by atoms with Crippen molar-refractivity contribution >= 4 is 11.9 Å². The van der Waals surface area contributed by atoms with Crippen molar-refractivity contribution in [3.63, 3.8) is 0 Å². The minimum Gasteiger partial charge on any atom is -0.496 e. The normalized spacial score (nSPS) is 20.9. The highest BCUT2D eigenvalue weighted by Crippen LogP contribution is 2.52. The predicted octanol–water partition coefficient (Wildman–Crippen LogP) is 2.42. The third-order valence-corrected chi connectivity index (χ3v) is 6.68. The number of aromatic nitrogens is 3. The Balaban J connectivity index is 1.24. The van der Waals surface area contributed by atoms with Gasteiger partial charge in [0.2, 0.25) is 5.95 Å². The lowest BCUT2D eigenvalue weighted by Gasteiger charge is -2.21. The molecule has 1 saturated heterocycles. The van der Waals surface area contributed by atoms with Gasteiger partial charge < -0.3 is 15.0 Å². The number of para-hydroxylation sites is 1. The van der Waals surface area contributed by atoms with Crippen LogP contribution in [0, 0.1) is 23.6 Å². The molecular weight excluding hydrogens is 425 g/mol. The number of nitrogens with one attached hydrogen (secondary N) is 1. The van der Waals surface area contributed by atoms with E-state index >= 15 is 0 Å². The van der Waals surface area contributed by atoms with Crippen molar-refractivity contribution in [3.8, 4) is 17.0 Å². The number of anilines is 1. The first kappa shape index (κ1) is 21.1. The fourth-order valence-corrected chi connectivity index (χ4v) is 4.74. The summed E-state index contributed by atoms with van der Waals surface area (Å²) in [7, 11) is 3.19. The number of carbonyl (C=O) groups excluding carboxylic acids is 1. The summed E-state index contributed by atoms with van der Waals surface area (Å²) in [6, 6.07) is 10.1. The van der Waals surface area contributed by atoms with Gasteiger partial charge in [0, 0.05) is 44.5 Å². The summed E-state index contributed by atoms with van der Waals surface area (Å²) in [5.41, 5.74) is 0.809. The highest BCUT2D eigenvalue weighted by molar-refractivity contribution is 5.97. The molecule has 9 heteroatoms. The van der Waals surface area contributed by atoms with E-state index in [9.17, 15) is 14.0 Å². The number of nitrogens with zero attached hydrogens (tertiary/aromatic N) is 4. The topological polar surface area (TPSA) is 89.3 Å². The Kier molecular flexibility index (Phi) is 5.32. The van der Waals surface area contributed by atoms with E-state index in [1.165, 1.54) is 22.9 Å². The second-order valence-corrected chi connectivity index (χ2v) is 8.50. The van der Waals surface area contributed by atoms with Crippen LogP contribution in [0.5, 0.6) is 5.75 Å². The first-order chi connectivity index (χ1) is 16.0. The number of hydrogen-bond acceptors (Lipinski definition) is 6. The van der Waals surface area contributed by atoms with Crippen LogP contribution >= 0.6 is 0 Å². The molecule has 8 nitrogen and oxygen atoms in total. The van der Waals surface area contributed by atoms with E-state index in [-0.39, 0.29) is 22.7 Å². The molecule has 5 rings (SSSR count). The van der Waals surface area contributed by atoms with Crippen molar-refractivity contribution in [3.05, 3.63) is 70.5 Å². The van der Waals surface area contributed by atoms with Crippen molar-refractivity contribution in [2.24, 2.45) is 24.8 Å². The Morgan fingerprint density at radius 1 is 1.24 bits per heavy atom. The van der Waals surface area contributed by atoms with E-state index in [4.69, 9.17) is 4.74 Å². The van der Waals surface area contributed by atoms with Gasteiger partial charge in [-0.15, -0.1) is 0 Å². The number of piperidine rings is 1. The Morgan fingerprint density at radius 3 is 2.73 bits per heavy atom. The molecule has 1 aliphatic heterocycles. The number of benzene rings is 1. The smallest absolute Gasteiger partial charge is 0.257 e. The lowest BCUT2D eigenvalue weighted by atomic mass is 10.1. The van der Waals surface area contributed by atoms with Gasteiger partial charge in [0.05, 0.1) is 24.6 Å². The third-order valence-electron chi connectivity index (χ3n) is 6.68. The second kappa shape index (κ2) is 8.31. The summed E-state index contributed by atoms with van der Waals surface area (Å²) >= 11 is 0. The molecule has 1 amide bonds. The lowest BCUT2D eigenvalue weighted by molar-refractivity contribution is 0.0765. The van der Waals surface area contributed by atoms with E-state index in [2.05, 4.69) is 15.3 Å². The van der Waals surface area contributed by atoms with Crippen LogP contribution < -0.4 is 15.6 Å². The Labute approximate surface area is 190 Å². The Bertz CT molecular complexity index is 1260. The molecule has 3 aromatic rings.